The van der Waals surface area contributed by atoms with Crippen molar-refractivity contribution in [3.8, 4) is 44.5 Å². The van der Waals surface area contributed by atoms with Gasteiger partial charge in [-0.3, -0.25) is 19.2 Å². The molecule has 0 saturated heterocycles. The van der Waals surface area contributed by atoms with Crippen LogP contribution in [0.2, 0.25) is 0 Å². The first-order chi connectivity index (χ1) is 34.3. The maximum atomic E-state index is 15.5. The average molecular weight is 901 g/mol. The lowest BCUT2D eigenvalue weighted by Gasteiger charge is -2.16. The Hall–Kier alpha value is -9.38. The number of hydrogen-bond acceptors (Lipinski definition) is 4. The summed E-state index contributed by atoms with van der Waals surface area (Å²) in [5.74, 6) is -1.47. The number of carbonyl (C=O) groups is 4. The fourth-order valence-electron chi connectivity index (χ4n) is 9.14. The molecule has 0 amide bonds. The van der Waals surface area contributed by atoms with Crippen LogP contribution in [0.1, 0.15) is 74.8 Å². The molecule has 0 atom stereocenters. The largest absolute Gasteiger partial charge is 0.289 e. The molecule has 0 heterocycles. The molecule has 10 aromatic rings. The van der Waals surface area contributed by atoms with Crippen molar-refractivity contribution in [3.05, 3.63) is 317 Å². The van der Waals surface area contributed by atoms with Gasteiger partial charge in [-0.15, -0.1) is 0 Å². The first kappa shape index (κ1) is 44.5. The van der Waals surface area contributed by atoms with Crippen molar-refractivity contribution in [2.75, 3.05) is 0 Å². The monoisotopic (exact) mass is 900 g/mol. The molecule has 4 nitrogen and oxygen atoms in total. The number of hydrogen-bond donors (Lipinski definition) is 0. The quantitative estimate of drug-likeness (QED) is 0.102. The van der Waals surface area contributed by atoms with Crippen LogP contribution in [-0.4, -0.2) is 23.1 Å². The van der Waals surface area contributed by atoms with E-state index >= 15 is 9.59 Å². The Morgan fingerprint density at radius 1 is 0.229 bits per heavy atom. The van der Waals surface area contributed by atoms with Gasteiger partial charge < -0.3 is 0 Å². The van der Waals surface area contributed by atoms with Crippen LogP contribution in [0.15, 0.2) is 261 Å². The number of rotatable bonds is 14. The molecular formula is C66H44O4. The van der Waals surface area contributed by atoms with Gasteiger partial charge in [0.2, 0.25) is 0 Å². The smallest absolute Gasteiger partial charge is 0.193 e. The van der Waals surface area contributed by atoms with Gasteiger partial charge in [-0.25, -0.2) is 0 Å². The zero-order valence-corrected chi connectivity index (χ0v) is 38.1. The second-order valence-electron chi connectivity index (χ2n) is 17.0. The molecule has 0 bridgehead atoms. The lowest BCUT2D eigenvalue weighted by molar-refractivity contribution is 0.102. The number of carbonyl (C=O) groups excluding carboxylic acids is 4. The van der Waals surface area contributed by atoms with Gasteiger partial charge in [0.15, 0.2) is 23.1 Å². The van der Waals surface area contributed by atoms with Crippen LogP contribution < -0.4 is 0 Å². The predicted molar refractivity (Wildman–Crippen MR) is 282 cm³/mol. The highest BCUT2D eigenvalue weighted by molar-refractivity contribution is 6.20. The summed E-state index contributed by atoms with van der Waals surface area (Å²) in [5, 5.41) is 0. The van der Waals surface area contributed by atoms with E-state index in [4.69, 9.17) is 0 Å². The highest BCUT2D eigenvalue weighted by Crippen LogP contribution is 2.35. The molecule has 0 aliphatic carbocycles. The molecule has 10 rings (SSSR count). The first-order valence-corrected chi connectivity index (χ1v) is 23.1. The van der Waals surface area contributed by atoms with Crippen LogP contribution in [0.25, 0.3) is 50.1 Å². The van der Waals surface area contributed by atoms with Gasteiger partial charge in [0.05, 0.1) is 0 Å². The molecule has 0 aliphatic rings. The van der Waals surface area contributed by atoms with Gasteiger partial charge in [0, 0.05) is 44.5 Å². The molecule has 0 unspecified atom stereocenters. The van der Waals surface area contributed by atoms with Crippen molar-refractivity contribution in [2.45, 2.75) is 0 Å². The fraction of sp³-hybridized carbons (Fsp3) is 0. The molecule has 0 aromatic heterocycles. The second kappa shape index (κ2) is 19.8. The highest BCUT2D eigenvalue weighted by atomic mass is 16.1. The van der Waals surface area contributed by atoms with E-state index in [9.17, 15) is 9.59 Å². The average Bonchev–Trinajstić information content (AvgIpc) is 3.44. The third-order valence-electron chi connectivity index (χ3n) is 12.6. The minimum atomic E-state index is -0.479. The van der Waals surface area contributed by atoms with E-state index in [0.29, 0.717) is 39.0 Å². The van der Waals surface area contributed by atoms with Gasteiger partial charge in [-0.05, 0) is 97.6 Å². The van der Waals surface area contributed by atoms with Crippen LogP contribution in [-0.2, 0) is 0 Å². The SMILES string of the molecule is C=C(c1cc(C(=O)c2cc(C(=O)c3ccccc3-c3ccccc3)cc(C(=O)c3ccccc3-c3ccccc3)c2)cc(C(=O)c2ccccc2-c2ccccc2)c1)c1ccccc1-c1ccccc1. The van der Waals surface area contributed by atoms with Crippen molar-refractivity contribution in [1.29, 1.82) is 0 Å². The summed E-state index contributed by atoms with van der Waals surface area (Å²) in [7, 11) is 0. The van der Waals surface area contributed by atoms with E-state index in [1.807, 2.05) is 188 Å². The third-order valence-corrected chi connectivity index (χ3v) is 12.6. The Kier molecular flexibility index (Phi) is 12.6. The zero-order chi connectivity index (χ0) is 48.0. The van der Waals surface area contributed by atoms with Gasteiger partial charge >= 0.3 is 0 Å². The van der Waals surface area contributed by atoms with Crippen molar-refractivity contribution in [3.63, 3.8) is 0 Å². The predicted octanol–water partition coefficient (Wildman–Crippen LogP) is 15.3. The second-order valence-corrected chi connectivity index (χ2v) is 17.0. The third kappa shape index (κ3) is 9.05. The Morgan fingerprint density at radius 3 is 0.743 bits per heavy atom. The fourth-order valence-corrected chi connectivity index (χ4v) is 9.14. The molecule has 0 fully saturated rings. The summed E-state index contributed by atoms with van der Waals surface area (Å²) >= 11 is 0. The van der Waals surface area contributed by atoms with Crippen LogP contribution in [0.4, 0.5) is 0 Å². The summed E-state index contributed by atoms with van der Waals surface area (Å²) in [4.78, 5) is 60.4. The van der Waals surface area contributed by atoms with E-state index in [-0.39, 0.29) is 45.2 Å². The van der Waals surface area contributed by atoms with E-state index in [1.54, 1.807) is 66.7 Å². The van der Waals surface area contributed by atoms with Crippen LogP contribution in [0.3, 0.4) is 0 Å². The van der Waals surface area contributed by atoms with Gasteiger partial charge in [0.1, 0.15) is 0 Å². The maximum Gasteiger partial charge on any atom is 0.193 e. The number of ketones is 4. The molecule has 0 aliphatic heterocycles. The molecule has 4 heteroatoms. The van der Waals surface area contributed by atoms with Crippen LogP contribution in [0.5, 0.6) is 0 Å². The summed E-state index contributed by atoms with van der Waals surface area (Å²) in [6.07, 6.45) is 0. The number of benzene rings is 10. The van der Waals surface area contributed by atoms with Crippen molar-refractivity contribution >= 4 is 28.7 Å². The van der Waals surface area contributed by atoms with Gasteiger partial charge in [0.25, 0.3) is 0 Å². The molecule has 0 spiro atoms. The zero-order valence-electron chi connectivity index (χ0n) is 38.1. The Morgan fingerprint density at radius 2 is 0.443 bits per heavy atom. The molecule has 70 heavy (non-hydrogen) atoms. The summed E-state index contributed by atoms with van der Waals surface area (Å²) in [6, 6.07) is 78.9. The van der Waals surface area contributed by atoms with Crippen LogP contribution >= 0.6 is 0 Å². The minimum Gasteiger partial charge on any atom is -0.289 e. The molecular weight excluding hydrogens is 857 g/mol. The van der Waals surface area contributed by atoms with Crippen molar-refractivity contribution in [2.24, 2.45) is 0 Å². The van der Waals surface area contributed by atoms with Gasteiger partial charge in [-0.1, -0.05) is 225 Å². The lowest BCUT2D eigenvalue weighted by Crippen LogP contribution is -2.13. The Labute approximate surface area is 407 Å². The summed E-state index contributed by atoms with van der Waals surface area (Å²) < 4.78 is 0. The minimum absolute atomic E-state index is 0.110. The first-order valence-electron chi connectivity index (χ1n) is 23.1. The van der Waals surface area contributed by atoms with Crippen molar-refractivity contribution in [1.82, 2.24) is 0 Å². The standard InChI is InChI=1S/C66H44O4/c1-44(55-30-14-15-31-56(55)45-22-6-2-7-23-45)49-38-50(40-52(39-49)64(68)60-35-19-16-32-57(60)46-24-8-3-9-25-46)63(67)51-41-53(65(69)61-36-20-17-33-58(61)47-26-10-4-11-27-47)43-54(42-51)66(70)62-37-21-18-34-59(62)48-28-12-5-13-29-48/h2-43H,1H2. The van der Waals surface area contributed by atoms with Gasteiger partial charge in [-0.2, -0.15) is 0 Å². The molecule has 0 N–H and O–H groups in total. The molecule has 0 saturated carbocycles. The van der Waals surface area contributed by atoms with E-state index in [0.717, 1.165) is 38.9 Å². The van der Waals surface area contributed by atoms with E-state index in [1.165, 1.54) is 0 Å². The topological polar surface area (TPSA) is 68.3 Å². The Bertz CT molecular complexity index is 3140. The lowest BCUT2D eigenvalue weighted by atomic mass is 9.86. The van der Waals surface area contributed by atoms with E-state index < -0.39 is 5.78 Å². The van der Waals surface area contributed by atoms with Crippen LogP contribution in [0, 0.1) is 0 Å². The Balaban J connectivity index is 1.15. The molecule has 0 radical (unpaired) electrons. The van der Waals surface area contributed by atoms with E-state index in [2.05, 4.69) is 6.58 Å². The van der Waals surface area contributed by atoms with Crippen molar-refractivity contribution < 1.29 is 19.2 Å². The molecule has 332 valence electrons. The maximum absolute atomic E-state index is 15.5. The molecule has 10 aromatic carbocycles. The summed E-state index contributed by atoms with van der Waals surface area (Å²) in [5.41, 5.74) is 10.9. The summed E-state index contributed by atoms with van der Waals surface area (Å²) in [6.45, 7) is 4.59. The normalized spacial score (nSPS) is 10.9. The highest BCUT2D eigenvalue weighted by Gasteiger charge is 2.25.